The standard InChI is InChI=1S/C21H25ClN2O3/c1-4-16-9-11-18(12-10-16)27-14-20(25)24(15(2)21(26)23-3)13-17-7-5-6-8-19(17)22/h5-12,15H,4,13-14H2,1-3H3,(H,23,26)/t15-/m1/s1. The number of nitrogens with zero attached hydrogens (tertiary/aromatic N) is 1. The van der Waals surface area contributed by atoms with Crippen LogP contribution in [0.3, 0.4) is 0 Å². The molecule has 2 aromatic rings. The molecule has 0 aromatic heterocycles. The zero-order valence-electron chi connectivity index (χ0n) is 15.9. The lowest BCUT2D eigenvalue weighted by atomic mass is 10.1. The van der Waals surface area contributed by atoms with Gasteiger partial charge in [-0.15, -0.1) is 0 Å². The van der Waals surface area contributed by atoms with Crippen molar-refractivity contribution < 1.29 is 14.3 Å². The summed E-state index contributed by atoms with van der Waals surface area (Å²) in [6.07, 6.45) is 0.939. The van der Waals surface area contributed by atoms with E-state index < -0.39 is 6.04 Å². The van der Waals surface area contributed by atoms with Crippen LogP contribution in [-0.4, -0.2) is 36.4 Å². The molecule has 144 valence electrons. The highest BCUT2D eigenvalue weighted by molar-refractivity contribution is 6.31. The number of halogens is 1. The van der Waals surface area contributed by atoms with Crippen LogP contribution in [0.25, 0.3) is 0 Å². The van der Waals surface area contributed by atoms with Crippen molar-refractivity contribution in [2.75, 3.05) is 13.7 Å². The van der Waals surface area contributed by atoms with Crippen LogP contribution >= 0.6 is 11.6 Å². The van der Waals surface area contributed by atoms with Gasteiger partial charge in [-0.2, -0.15) is 0 Å². The van der Waals surface area contributed by atoms with E-state index in [1.165, 1.54) is 10.5 Å². The lowest BCUT2D eigenvalue weighted by molar-refractivity contribution is -0.142. The number of hydrogen-bond donors (Lipinski definition) is 1. The lowest BCUT2D eigenvalue weighted by Gasteiger charge is -2.28. The van der Waals surface area contributed by atoms with E-state index in [4.69, 9.17) is 16.3 Å². The third-order valence-corrected chi connectivity index (χ3v) is 4.77. The van der Waals surface area contributed by atoms with Crippen molar-refractivity contribution in [3.63, 3.8) is 0 Å². The fraction of sp³-hybridized carbons (Fsp3) is 0.333. The summed E-state index contributed by atoms with van der Waals surface area (Å²) in [6, 6.07) is 14.2. The molecule has 0 spiro atoms. The first-order valence-electron chi connectivity index (χ1n) is 8.92. The quantitative estimate of drug-likeness (QED) is 0.753. The molecule has 27 heavy (non-hydrogen) atoms. The van der Waals surface area contributed by atoms with Gasteiger partial charge >= 0.3 is 0 Å². The highest BCUT2D eigenvalue weighted by Gasteiger charge is 2.26. The summed E-state index contributed by atoms with van der Waals surface area (Å²) in [5.41, 5.74) is 1.97. The minimum atomic E-state index is -0.648. The van der Waals surface area contributed by atoms with E-state index in [1.54, 1.807) is 20.0 Å². The van der Waals surface area contributed by atoms with Crippen LogP contribution in [-0.2, 0) is 22.6 Å². The molecular formula is C21H25ClN2O3. The minimum absolute atomic E-state index is 0.155. The number of amides is 2. The van der Waals surface area contributed by atoms with E-state index in [-0.39, 0.29) is 25.0 Å². The third-order valence-electron chi connectivity index (χ3n) is 4.41. The van der Waals surface area contributed by atoms with Crippen LogP contribution in [0.5, 0.6) is 5.75 Å². The number of likely N-dealkylation sites (N-methyl/N-ethyl adjacent to an activating group) is 1. The van der Waals surface area contributed by atoms with Gasteiger partial charge in [0.1, 0.15) is 11.8 Å². The average Bonchev–Trinajstić information content (AvgIpc) is 2.70. The predicted octanol–water partition coefficient (Wildman–Crippen LogP) is 3.44. The fourth-order valence-corrected chi connectivity index (χ4v) is 2.85. The largest absolute Gasteiger partial charge is 0.484 e. The van der Waals surface area contributed by atoms with Crippen LogP contribution < -0.4 is 10.1 Å². The van der Waals surface area contributed by atoms with E-state index in [0.29, 0.717) is 10.8 Å². The molecule has 0 radical (unpaired) electrons. The van der Waals surface area contributed by atoms with Gasteiger partial charge in [-0.25, -0.2) is 0 Å². The van der Waals surface area contributed by atoms with Gasteiger partial charge in [0.2, 0.25) is 5.91 Å². The monoisotopic (exact) mass is 388 g/mol. The Morgan fingerprint density at radius 3 is 2.41 bits per heavy atom. The van der Waals surface area contributed by atoms with Crippen molar-refractivity contribution in [2.24, 2.45) is 0 Å². The number of rotatable bonds is 8. The lowest BCUT2D eigenvalue weighted by Crippen LogP contribution is -2.48. The van der Waals surface area contributed by atoms with Crippen molar-refractivity contribution in [3.8, 4) is 5.75 Å². The number of nitrogens with one attached hydrogen (secondary N) is 1. The van der Waals surface area contributed by atoms with Crippen LogP contribution in [0.4, 0.5) is 0 Å². The number of benzene rings is 2. The molecule has 0 aliphatic rings. The van der Waals surface area contributed by atoms with Gasteiger partial charge in [0.15, 0.2) is 6.61 Å². The number of carbonyl (C=O) groups excluding carboxylic acids is 2. The van der Waals surface area contributed by atoms with E-state index in [9.17, 15) is 9.59 Å². The SMILES string of the molecule is CCc1ccc(OCC(=O)N(Cc2ccccc2Cl)[C@H](C)C(=O)NC)cc1. The summed E-state index contributed by atoms with van der Waals surface area (Å²) in [5.74, 6) is 0.0825. The molecule has 0 unspecified atom stereocenters. The Labute approximate surface area is 165 Å². The zero-order chi connectivity index (χ0) is 19.8. The van der Waals surface area contributed by atoms with Gasteiger partial charge < -0.3 is 15.0 Å². The van der Waals surface area contributed by atoms with Crippen LogP contribution in [0.1, 0.15) is 25.0 Å². The van der Waals surface area contributed by atoms with Crippen LogP contribution in [0.2, 0.25) is 5.02 Å². The van der Waals surface area contributed by atoms with Gasteiger partial charge in [0, 0.05) is 18.6 Å². The molecule has 5 nitrogen and oxygen atoms in total. The average molecular weight is 389 g/mol. The van der Waals surface area contributed by atoms with Crippen molar-refractivity contribution in [1.82, 2.24) is 10.2 Å². The minimum Gasteiger partial charge on any atom is -0.484 e. The maximum Gasteiger partial charge on any atom is 0.261 e. The normalized spacial score (nSPS) is 11.6. The van der Waals surface area contributed by atoms with Gasteiger partial charge in [-0.3, -0.25) is 9.59 Å². The summed E-state index contributed by atoms with van der Waals surface area (Å²) in [6.45, 7) is 3.83. The predicted molar refractivity (Wildman–Crippen MR) is 107 cm³/mol. The Morgan fingerprint density at radius 2 is 1.81 bits per heavy atom. The molecule has 0 bridgehead atoms. The van der Waals surface area contributed by atoms with Crippen LogP contribution in [0.15, 0.2) is 48.5 Å². The molecule has 2 aromatic carbocycles. The maximum atomic E-state index is 12.8. The molecule has 0 fully saturated rings. The molecule has 6 heteroatoms. The Bertz CT molecular complexity index is 777. The summed E-state index contributed by atoms with van der Waals surface area (Å²) in [7, 11) is 1.54. The highest BCUT2D eigenvalue weighted by atomic mass is 35.5. The van der Waals surface area contributed by atoms with Crippen LogP contribution in [0, 0.1) is 0 Å². The van der Waals surface area contributed by atoms with Gasteiger partial charge in [0.05, 0.1) is 0 Å². The number of aryl methyl sites for hydroxylation is 1. The Hall–Kier alpha value is -2.53. The second-order valence-electron chi connectivity index (χ2n) is 6.19. The number of ether oxygens (including phenoxy) is 1. The fourth-order valence-electron chi connectivity index (χ4n) is 2.65. The van der Waals surface area contributed by atoms with Crippen molar-refractivity contribution in [1.29, 1.82) is 0 Å². The molecule has 2 rings (SSSR count). The maximum absolute atomic E-state index is 12.8. The zero-order valence-corrected chi connectivity index (χ0v) is 16.6. The molecule has 0 saturated heterocycles. The van der Waals surface area contributed by atoms with Crippen molar-refractivity contribution >= 4 is 23.4 Å². The molecule has 0 aliphatic heterocycles. The highest BCUT2D eigenvalue weighted by Crippen LogP contribution is 2.19. The Morgan fingerprint density at radius 1 is 1.15 bits per heavy atom. The molecular weight excluding hydrogens is 364 g/mol. The Kier molecular flexibility index (Phi) is 7.67. The topological polar surface area (TPSA) is 58.6 Å². The summed E-state index contributed by atoms with van der Waals surface area (Å²) >= 11 is 6.22. The molecule has 1 N–H and O–H groups in total. The number of carbonyl (C=O) groups is 2. The second kappa shape index (κ2) is 9.97. The summed E-state index contributed by atoms with van der Waals surface area (Å²) in [4.78, 5) is 26.4. The first-order chi connectivity index (χ1) is 13.0. The molecule has 0 aliphatic carbocycles. The van der Waals surface area contributed by atoms with Crippen molar-refractivity contribution in [3.05, 3.63) is 64.7 Å². The first-order valence-corrected chi connectivity index (χ1v) is 9.30. The van der Waals surface area contributed by atoms with Gasteiger partial charge in [-0.05, 0) is 42.7 Å². The summed E-state index contributed by atoms with van der Waals surface area (Å²) < 4.78 is 5.62. The first kappa shape index (κ1) is 20.8. The summed E-state index contributed by atoms with van der Waals surface area (Å²) in [5, 5.41) is 3.13. The van der Waals surface area contributed by atoms with E-state index >= 15 is 0 Å². The van der Waals surface area contributed by atoms with Gasteiger partial charge in [0.25, 0.3) is 5.91 Å². The van der Waals surface area contributed by atoms with E-state index in [1.807, 2.05) is 42.5 Å². The molecule has 0 heterocycles. The second-order valence-corrected chi connectivity index (χ2v) is 6.60. The number of hydrogen-bond acceptors (Lipinski definition) is 3. The van der Waals surface area contributed by atoms with Crippen molar-refractivity contribution in [2.45, 2.75) is 32.9 Å². The smallest absolute Gasteiger partial charge is 0.261 e. The molecule has 2 amide bonds. The van der Waals surface area contributed by atoms with Gasteiger partial charge in [-0.1, -0.05) is 48.9 Å². The molecule has 0 saturated carbocycles. The van der Waals surface area contributed by atoms with E-state index in [0.717, 1.165) is 12.0 Å². The molecule has 1 atom stereocenters. The Balaban J connectivity index is 2.12. The third kappa shape index (κ3) is 5.73. The van der Waals surface area contributed by atoms with E-state index in [2.05, 4.69) is 12.2 Å².